The topological polar surface area (TPSA) is 48.5 Å². The van der Waals surface area contributed by atoms with Crippen LogP contribution in [0.15, 0.2) is 16.8 Å². The lowest BCUT2D eigenvalue weighted by atomic mass is 10.1. The van der Waals surface area contributed by atoms with Crippen molar-refractivity contribution in [3.05, 3.63) is 38.0 Å². The summed E-state index contributed by atoms with van der Waals surface area (Å²) in [6, 6.07) is 2.24. The average Bonchev–Trinajstić information content (AvgIpc) is 3.16. The highest BCUT2D eigenvalue weighted by Gasteiger charge is 2.20. The van der Waals surface area contributed by atoms with Crippen LogP contribution in [0.4, 0.5) is 4.79 Å². The standard InChI is InChI=1S/C18H28N4OS2/c1-12(2)17-20-14(11-25-17)10-22(6)18(23)19-9-15(21(4)5)16-13(3)7-8-24-16/h7-8,11-12,15H,9-10H2,1-6H3,(H,19,23). The van der Waals surface area contributed by atoms with Crippen LogP contribution >= 0.6 is 22.7 Å². The molecule has 5 nitrogen and oxygen atoms in total. The van der Waals surface area contributed by atoms with E-state index in [2.05, 4.69) is 47.4 Å². The van der Waals surface area contributed by atoms with E-state index in [0.29, 0.717) is 19.0 Å². The fourth-order valence-corrected chi connectivity index (χ4v) is 4.48. The van der Waals surface area contributed by atoms with E-state index in [1.165, 1.54) is 10.4 Å². The number of carbonyl (C=O) groups excluding carboxylic acids is 1. The highest BCUT2D eigenvalue weighted by atomic mass is 32.1. The zero-order chi connectivity index (χ0) is 18.6. The Morgan fingerprint density at radius 1 is 1.28 bits per heavy atom. The Labute approximate surface area is 158 Å². The molecule has 0 saturated carbocycles. The Kier molecular flexibility index (Phi) is 6.98. The second-order valence-corrected chi connectivity index (χ2v) is 8.66. The molecular formula is C18H28N4OS2. The predicted octanol–water partition coefficient (Wildman–Crippen LogP) is 4.08. The number of nitrogens with one attached hydrogen (secondary N) is 1. The van der Waals surface area contributed by atoms with Gasteiger partial charge in [0.15, 0.2) is 0 Å². The van der Waals surface area contributed by atoms with E-state index in [9.17, 15) is 4.79 Å². The molecule has 138 valence electrons. The number of thiazole rings is 1. The molecule has 1 N–H and O–H groups in total. The normalized spacial score (nSPS) is 12.6. The number of aromatic nitrogens is 1. The molecule has 0 fully saturated rings. The summed E-state index contributed by atoms with van der Waals surface area (Å²) >= 11 is 3.40. The van der Waals surface area contributed by atoms with Crippen LogP contribution in [0.5, 0.6) is 0 Å². The van der Waals surface area contributed by atoms with Gasteiger partial charge in [-0.2, -0.15) is 0 Å². The minimum Gasteiger partial charge on any atom is -0.336 e. The molecule has 2 rings (SSSR count). The molecular weight excluding hydrogens is 352 g/mol. The Balaban J connectivity index is 1.92. The Morgan fingerprint density at radius 3 is 2.52 bits per heavy atom. The fraction of sp³-hybridized carbons (Fsp3) is 0.556. The molecule has 1 unspecified atom stereocenters. The molecule has 0 bridgehead atoms. The van der Waals surface area contributed by atoms with Gasteiger partial charge in [0.2, 0.25) is 0 Å². The van der Waals surface area contributed by atoms with E-state index in [-0.39, 0.29) is 12.1 Å². The molecule has 1 atom stereocenters. The van der Waals surface area contributed by atoms with E-state index < -0.39 is 0 Å². The van der Waals surface area contributed by atoms with Crippen molar-refractivity contribution in [2.24, 2.45) is 0 Å². The van der Waals surface area contributed by atoms with Crippen molar-refractivity contribution in [3.8, 4) is 0 Å². The molecule has 0 aliphatic heterocycles. The van der Waals surface area contributed by atoms with Crippen molar-refractivity contribution in [1.29, 1.82) is 0 Å². The maximum absolute atomic E-state index is 12.4. The zero-order valence-corrected chi connectivity index (χ0v) is 17.5. The first-order valence-electron chi connectivity index (χ1n) is 8.43. The first kappa shape index (κ1) is 19.9. The first-order valence-corrected chi connectivity index (χ1v) is 10.2. The van der Waals surface area contributed by atoms with Crippen molar-refractivity contribution in [2.75, 3.05) is 27.7 Å². The second-order valence-electron chi connectivity index (χ2n) is 6.82. The summed E-state index contributed by atoms with van der Waals surface area (Å²) in [7, 11) is 5.90. The van der Waals surface area contributed by atoms with Crippen molar-refractivity contribution >= 4 is 28.7 Å². The smallest absolute Gasteiger partial charge is 0.317 e. The number of carbonyl (C=O) groups is 1. The summed E-state index contributed by atoms with van der Waals surface area (Å²) in [6.45, 7) is 7.50. The van der Waals surface area contributed by atoms with Gasteiger partial charge in [-0.05, 0) is 38.0 Å². The predicted molar refractivity (Wildman–Crippen MR) is 107 cm³/mol. The van der Waals surface area contributed by atoms with Crippen LogP contribution in [0.1, 0.15) is 46.9 Å². The van der Waals surface area contributed by atoms with Gasteiger partial charge in [0.25, 0.3) is 0 Å². The minimum absolute atomic E-state index is 0.0693. The van der Waals surface area contributed by atoms with Gasteiger partial charge in [-0.3, -0.25) is 0 Å². The number of nitrogens with zero attached hydrogens (tertiary/aromatic N) is 3. The summed E-state index contributed by atoms with van der Waals surface area (Å²) in [5, 5.41) is 8.31. The van der Waals surface area contributed by atoms with Crippen LogP contribution in [-0.2, 0) is 6.54 Å². The van der Waals surface area contributed by atoms with Gasteiger partial charge in [-0.15, -0.1) is 22.7 Å². The van der Waals surface area contributed by atoms with Gasteiger partial charge in [-0.25, -0.2) is 9.78 Å². The number of amides is 2. The van der Waals surface area contributed by atoms with Crippen LogP contribution in [0.2, 0.25) is 0 Å². The number of thiophene rings is 1. The second kappa shape index (κ2) is 8.78. The summed E-state index contributed by atoms with van der Waals surface area (Å²) in [5.74, 6) is 0.424. The molecule has 0 aliphatic rings. The largest absolute Gasteiger partial charge is 0.336 e. The van der Waals surface area contributed by atoms with Crippen LogP contribution < -0.4 is 5.32 Å². The molecule has 2 amide bonds. The van der Waals surface area contributed by atoms with E-state index in [0.717, 1.165) is 10.7 Å². The third-order valence-electron chi connectivity index (χ3n) is 4.08. The lowest BCUT2D eigenvalue weighted by Gasteiger charge is -2.26. The quantitative estimate of drug-likeness (QED) is 0.787. The molecule has 2 aromatic rings. The molecule has 2 aromatic heterocycles. The summed E-state index contributed by atoms with van der Waals surface area (Å²) in [4.78, 5) is 22.2. The molecule has 0 aromatic carbocycles. The monoisotopic (exact) mass is 380 g/mol. The van der Waals surface area contributed by atoms with E-state index >= 15 is 0 Å². The third-order valence-corrected chi connectivity index (χ3v) is 6.40. The van der Waals surface area contributed by atoms with Crippen LogP contribution in [0.25, 0.3) is 0 Å². The molecule has 0 spiro atoms. The first-order chi connectivity index (χ1) is 11.8. The van der Waals surface area contributed by atoms with Crippen LogP contribution in [-0.4, -0.2) is 48.5 Å². The Morgan fingerprint density at radius 2 is 2.00 bits per heavy atom. The lowest BCUT2D eigenvalue weighted by Crippen LogP contribution is -2.41. The van der Waals surface area contributed by atoms with Crippen LogP contribution in [0, 0.1) is 6.92 Å². The summed E-state index contributed by atoms with van der Waals surface area (Å²) in [5.41, 5.74) is 2.22. The molecule has 0 aliphatic carbocycles. The number of urea groups is 1. The van der Waals surface area contributed by atoms with Gasteiger partial charge < -0.3 is 15.1 Å². The Hall–Kier alpha value is -1.44. The minimum atomic E-state index is -0.0693. The van der Waals surface area contributed by atoms with Crippen molar-refractivity contribution < 1.29 is 4.79 Å². The maximum Gasteiger partial charge on any atom is 0.317 e. The number of aryl methyl sites for hydroxylation is 1. The lowest BCUT2D eigenvalue weighted by molar-refractivity contribution is 0.200. The number of likely N-dealkylation sites (N-methyl/N-ethyl adjacent to an activating group) is 1. The maximum atomic E-state index is 12.4. The van der Waals surface area contributed by atoms with Crippen LogP contribution in [0.3, 0.4) is 0 Å². The molecule has 0 saturated heterocycles. The molecule has 7 heteroatoms. The van der Waals surface area contributed by atoms with Gasteiger partial charge in [0.1, 0.15) is 0 Å². The zero-order valence-electron chi connectivity index (χ0n) is 15.9. The third kappa shape index (κ3) is 5.26. The van der Waals surface area contributed by atoms with Crippen molar-refractivity contribution in [2.45, 2.75) is 39.3 Å². The Bertz CT molecular complexity index is 693. The summed E-state index contributed by atoms with van der Waals surface area (Å²) < 4.78 is 0. The van der Waals surface area contributed by atoms with Gasteiger partial charge in [-0.1, -0.05) is 13.8 Å². The van der Waals surface area contributed by atoms with E-state index in [4.69, 9.17) is 0 Å². The van der Waals surface area contributed by atoms with Gasteiger partial charge in [0.05, 0.1) is 23.3 Å². The summed E-state index contributed by atoms with van der Waals surface area (Å²) in [6.07, 6.45) is 0. The van der Waals surface area contributed by atoms with Crippen molar-refractivity contribution in [1.82, 2.24) is 20.1 Å². The number of rotatable bonds is 7. The van der Waals surface area contributed by atoms with E-state index in [1.54, 1.807) is 27.6 Å². The highest BCUT2D eigenvalue weighted by Crippen LogP contribution is 2.26. The molecule has 25 heavy (non-hydrogen) atoms. The fourth-order valence-electron chi connectivity index (χ4n) is 2.53. The number of hydrogen-bond donors (Lipinski definition) is 1. The molecule has 2 heterocycles. The van der Waals surface area contributed by atoms with Crippen molar-refractivity contribution in [3.63, 3.8) is 0 Å². The molecule has 0 radical (unpaired) electrons. The highest BCUT2D eigenvalue weighted by molar-refractivity contribution is 7.10. The van der Waals surface area contributed by atoms with Gasteiger partial charge in [0, 0.05) is 29.8 Å². The van der Waals surface area contributed by atoms with Gasteiger partial charge >= 0.3 is 6.03 Å². The SMILES string of the molecule is Cc1ccsc1C(CNC(=O)N(C)Cc1csc(C(C)C)n1)N(C)C. The number of hydrogen-bond acceptors (Lipinski definition) is 5. The average molecular weight is 381 g/mol. The van der Waals surface area contributed by atoms with E-state index in [1.807, 2.05) is 26.5 Å².